The molecule has 0 spiro atoms. The second-order valence-corrected chi connectivity index (χ2v) is 9.57. The van der Waals surface area contributed by atoms with Gasteiger partial charge in [0.05, 0.1) is 16.5 Å². The topological polar surface area (TPSA) is 50.2 Å². The molecule has 0 aromatic carbocycles. The fourth-order valence-electron chi connectivity index (χ4n) is 5.26. The molecule has 0 saturated heterocycles. The smallest absolute Gasteiger partial charge is 0.143 e. The zero-order valence-corrected chi connectivity index (χ0v) is 17.2. The summed E-state index contributed by atoms with van der Waals surface area (Å²) in [5.74, 6) is 1.46. The van der Waals surface area contributed by atoms with E-state index in [0.717, 1.165) is 12.2 Å². The van der Waals surface area contributed by atoms with Gasteiger partial charge < -0.3 is 5.32 Å². The Morgan fingerprint density at radius 3 is 2.85 bits per heavy atom. The minimum Gasteiger partial charge on any atom is -0.366 e. The monoisotopic (exact) mass is 382 g/mol. The molecule has 0 unspecified atom stereocenters. The molecule has 144 valence electrons. The molecular formula is C22H30N4S. The van der Waals surface area contributed by atoms with E-state index in [1.54, 1.807) is 17.5 Å². The number of hydrogen-bond acceptors (Lipinski definition) is 5. The Hall–Kier alpha value is -1.36. The van der Waals surface area contributed by atoms with Gasteiger partial charge in [0, 0.05) is 11.8 Å². The molecule has 2 atom stereocenters. The number of hydrogen-bond donors (Lipinski definition) is 1. The molecular weight excluding hydrogens is 352 g/mol. The highest BCUT2D eigenvalue weighted by Crippen LogP contribution is 2.56. The summed E-state index contributed by atoms with van der Waals surface area (Å²) in [6.07, 6.45) is 15.7. The minimum absolute atomic E-state index is 0.285. The van der Waals surface area contributed by atoms with E-state index in [1.807, 2.05) is 11.8 Å². The van der Waals surface area contributed by atoms with Gasteiger partial charge in [-0.15, -0.1) is 0 Å². The van der Waals surface area contributed by atoms with Crippen molar-refractivity contribution in [1.82, 2.24) is 9.97 Å². The van der Waals surface area contributed by atoms with Crippen molar-refractivity contribution in [2.45, 2.75) is 99.8 Å². The van der Waals surface area contributed by atoms with E-state index < -0.39 is 0 Å². The summed E-state index contributed by atoms with van der Waals surface area (Å²) in [5.41, 5.74) is 5.87. The van der Waals surface area contributed by atoms with Crippen LogP contribution in [-0.4, -0.2) is 27.1 Å². The van der Waals surface area contributed by atoms with E-state index in [-0.39, 0.29) is 5.37 Å². The molecule has 1 saturated carbocycles. The van der Waals surface area contributed by atoms with Crippen molar-refractivity contribution >= 4 is 23.3 Å². The van der Waals surface area contributed by atoms with Crippen LogP contribution in [0.5, 0.6) is 0 Å². The van der Waals surface area contributed by atoms with Gasteiger partial charge in [-0.3, -0.25) is 4.99 Å². The third-order valence-electron chi connectivity index (χ3n) is 6.63. The molecule has 27 heavy (non-hydrogen) atoms. The molecule has 0 radical (unpaired) electrons. The molecule has 1 N–H and O–H groups in total. The molecule has 1 fully saturated rings. The number of nitrogens with one attached hydrogen (secondary N) is 1. The zero-order valence-electron chi connectivity index (χ0n) is 16.3. The molecule has 5 heteroatoms. The zero-order chi connectivity index (χ0) is 18.2. The summed E-state index contributed by atoms with van der Waals surface area (Å²) >= 11 is 1.91. The van der Waals surface area contributed by atoms with Crippen molar-refractivity contribution in [1.29, 1.82) is 0 Å². The largest absolute Gasteiger partial charge is 0.366 e. The molecule has 5 rings (SSSR count). The van der Waals surface area contributed by atoms with Gasteiger partial charge in [0.1, 0.15) is 17.5 Å². The van der Waals surface area contributed by atoms with Crippen LogP contribution in [0, 0.1) is 0 Å². The van der Waals surface area contributed by atoms with Crippen LogP contribution in [0.2, 0.25) is 0 Å². The maximum Gasteiger partial charge on any atom is 0.143 e. The van der Waals surface area contributed by atoms with Gasteiger partial charge in [0.15, 0.2) is 0 Å². The standard InChI is InChI=1S/C22H30N4S/c1-2-3-12-17-15-10-7-11-16(15)18-19-20(27-22(18)26-17)21(24-13-23-19)25-14-8-5-4-6-9-14/h13-14,18,22H,2-12H2,1H3,(H,23,24,25)/t18-,22+/m0/s1. The minimum atomic E-state index is 0.285. The lowest BCUT2D eigenvalue weighted by atomic mass is 9.87. The number of anilines is 1. The first-order chi connectivity index (χ1) is 13.3. The number of rotatable bonds is 5. The Labute approximate surface area is 166 Å². The summed E-state index contributed by atoms with van der Waals surface area (Å²) in [7, 11) is 0. The van der Waals surface area contributed by atoms with Crippen LogP contribution in [0.3, 0.4) is 0 Å². The Balaban J connectivity index is 1.46. The molecule has 2 aliphatic carbocycles. The molecule has 4 nitrogen and oxygen atoms in total. The van der Waals surface area contributed by atoms with Crippen molar-refractivity contribution in [3.63, 3.8) is 0 Å². The summed E-state index contributed by atoms with van der Waals surface area (Å²) in [5, 5.41) is 4.04. The van der Waals surface area contributed by atoms with Crippen LogP contribution in [0.15, 0.2) is 27.4 Å². The number of thioether (sulfide) groups is 1. The van der Waals surface area contributed by atoms with E-state index in [2.05, 4.69) is 17.2 Å². The van der Waals surface area contributed by atoms with Gasteiger partial charge in [0.25, 0.3) is 0 Å². The van der Waals surface area contributed by atoms with Gasteiger partial charge in [-0.25, -0.2) is 9.97 Å². The molecule has 0 amide bonds. The highest BCUT2D eigenvalue weighted by Gasteiger charge is 2.44. The lowest BCUT2D eigenvalue weighted by molar-refractivity contribution is 0.461. The number of aliphatic imine (C=N–C) groups is 1. The van der Waals surface area contributed by atoms with Gasteiger partial charge in [-0.2, -0.15) is 0 Å². The van der Waals surface area contributed by atoms with Crippen molar-refractivity contribution in [3.8, 4) is 0 Å². The Morgan fingerprint density at radius 1 is 1.11 bits per heavy atom. The van der Waals surface area contributed by atoms with E-state index in [9.17, 15) is 0 Å². The fourth-order valence-corrected chi connectivity index (χ4v) is 6.64. The average molecular weight is 383 g/mol. The number of unbranched alkanes of at least 4 members (excludes halogenated alkanes) is 1. The highest BCUT2D eigenvalue weighted by molar-refractivity contribution is 8.00. The summed E-state index contributed by atoms with van der Waals surface area (Å²) in [6.45, 7) is 2.27. The van der Waals surface area contributed by atoms with Crippen LogP contribution in [-0.2, 0) is 0 Å². The number of nitrogens with zero attached hydrogens (tertiary/aromatic N) is 3. The summed E-state index contributed by atoms with van der Waals surface area (Å²) < 4.78 is 0. The van der Waals surface area contributed by atoms with Crippen LogP contribution >= 0.6 is 11.8 Å². The predicted molar refractivity (Wildman–Crippen MR) is 113 cm³/mol. The van der Waals surface area contributed by atoms with E-state index in [0.29, 0.717) is 12.0 Å². The molecule has 2 aliphatic heterocycles. The van der Waals surface area contributed by atoms with Gasteiger partial charge in [0.2, 0.25) is 0 Å². The molecule has 1 aromatic heterocycles. The Bertz CT molecular complexity index is 779. The maximum atomic E-state index is 5.25. The predicted octanol–water partition coefficient (Wildman–Crippen LogP) is 5.86. The summed E-state index contributed by atoms with van der Waals surface area (Å²) in [4.78, 5) is 15.9. The number of allylic oxidation sites excluding steroid dienone is 1. The third-order valence-corrected chi connectivity index (χ3v) is 7.89. The molecule has 3 heterocycles. The molecule has 1 aromatic rings. The van der Waals surface area contributed by atoms with Crippen LogP contribution in [0.4, 0.5) is 5.82 Å². The van der Waals surface area contributed by atoms with Crippen molar-refractivity contribution in [2.24, 2.45) is 4.99 Å². The lowest BCUT2D eigenvalue weighted by Gasteiger charge is -2.26. The normalized spacial score (nSPS) is 27.2. The average Bonchev–Trinajstić information content (AvgIpc) is 3.31. The van der Waals surface area contributed by atoms with Crippen molar-refractivity contribution in [2.75, 3.05) is 5.32 Å². The van der Waals surface area contributed by atoms with Gasteiger partial charge in [-0.05, 0) is 50.5 Å². The summed E-state index contributed by atoms with van der Waals surface area (Å²) in [6, 6.07) is 0.575. The first kappa shape index (κ1) is 17.7. The van der Waals surface area contributed by atoms with Crippen molar-refractivity contribution < 1.29 is 0 Å². The SMILES string of the molecule is CCCCC1=N[C@@H]2Sc3c(NC4CCCCC4)ncnc3[C@@H]2C2=C1CCC2. The van der Waals surface area contributed by atoms with Crippen molar-refractivity contribution in [3.05, 3.63) is 23.2 Å². The molecule has 0 bridgehead atoms. The maximum absolute atomic E-state index is 5.25. The second-order valence-electron chi connectivity index (χ2n) is 8.44. The number of dihydropyridines is 1. The quantitative estimate of drug-likeness (QED) is 0.693. The highest BCUT2D eigenvalue weighted by atomic mass is 32.2. The van der Waals surface area contributed by atoms with Crippen LogP contribution < -0.4 is 5.32 Å². The van der Waals surface area contributed by atoms with Gasteiger partial charge >= 0.3 is 0 Å². The van der Waals surface area contributed by atoms with E-state index >= 15 is 0 Å². The Kier molecular flexibility index (Phi) is 4.97. The van der Waals surface area contributed by atoms with Gasteiger partial charge in [-0.1, -0.05) is 49.9 Å². The first-order valence-corrected chi connectivity index (χ1v) is 11.8. The first-order valence-electron chi connectivity index (χ1n) is 10.9. The fraction of sp³-hybridized carbons (Fsp3) is 0.682. The Morgan fingerprint density at radius 2 is 2.00 bits per heavy atom. The molecule has 4 aliphatic rings. The van der Waals surface area contributed by atoms with Crippen LogP contribution in [0.25, 0.3) is 0 Å². The lowest BCUT2D eigenvalue weighted by Crippen LogP contribution is -2.23. The second kappa shape index (κ2) is 7.57. The number of aromatic nitrogens is 2. The van der Waals surface area contributed by atoms with E-state index in [1.165, 1.54) is 80.5 Å². The number of fused-ring (bicyclic) bond motifs is 4. The third kappa shape index (κ3) is 3.22. The van der Waals surface area contributed by atoms with E-state index in [4.69, 9.17) is 9.98 Å². The van der Waals surface area contributed by atoms with Crippen LogP contribution in [0.1, 0.15) is 89.2 Å².